The molecule has 0 saturated carbocycles. The van der Waals surface area contributed by atoms with Gasteiger partial charge < -0.3 is 9.64 Å². The van der Waals surface area contributed by atoms with Gasteiger partial charge in [-0.3, -0.25) is 14.9 Å². The molecule has 3 rings (SSSR count). The zero-order chi connectivity index (χ0) is 18.0. The first-order valence-corrected chi connectivity index (χ1v) is 7.79. The smallest absolute Gasteiger partial charge is 0.271 e. The maximum absolute atomic E-state index is 12.8. The van der Waals surface area contributed by atoms with Crippen LogP contribution in [-0.2, 0) is 11.3 Å². The van der Waals surface area contributed by atoms with Crippen molar-refractivity contribution in [2.24, 2.45) is 0 Å². The molecule has 1 unspecified atom stereocenters. The van der Waals surface area contributed by atoms with E-state index in [-0.39, 0.29) is 18.1 Å². The summed E-state index contributed by atoms with van der Waals surface area (Å²) in [5, 5.41) is 20.3. The van der Waals surface area contributed by atoms with Crippen LogP contribution in [0.3, 0.4) is 0 Å². The van der Waals surface area contributed by atoms with Crippen molar-refractivity contribution < 1.29 is 14.5 Å². The molecule has 0 fully saturated rings. The van der Waals surface area contributed by atoms with E-state index in [9.17, 15) is 20.2 Å². The largest absolute Gasteiger partial charge is 0.478 e. The van der Waals surface area contributed by atoms with Gasteiger partial charge in [0.1, 0.15) is 5.75 Å². The van der Waals surface area contributed by atoms with Crippen molar-refractivity contribution in [2.45, 2.75) is 26.0 Å². The van der Waals surface area contributed by atoms with Crippen LogP contribution in [0.25, 0.3) is 0 Å². The van der Waals surface area contributed by atoms with Gasteiger partial charge in [0.15, 0.2) is 6.10 Å². The monoisotopic (exact) mass is 337 g/mol. The molecule has 1 aliphatic rings. The Kier molecular flexibility index (Phi) is 4.35. The molecule has 1 heterocycles. The zero-order valence-electron chi connectivity index (χ0n) is 13.5. The van der Waals surface area contributed by atoms with Gasteiger partial charge in [0, 0.05) is 12.1 Å². The molecule has 0 N–H and O–H groups in total. The van der Waals surface area contributed by atoms with Gasteiger partial charge in [-0.05, 0) is 24.1 Å². The minimum Gasteiger partial charge on any atom is -0.478 e. The standard InChI is InChI=1S/C18H15N3O4/c1-2-16-18(22)20(11-13-6-4-3-5-12(13)10-19)15-9-14(21(23)24)7-8-17(15)25-16/h3-9,16H,2,11H2,1H3. The molecule has 0 bridgehead atoms. The summed E-state index contributed by atoms with van der Waals surface area (Å²) in [4.78, 5) is 24.8. The molecule has 2 aromatic rings. The molecule has 0 aromatic heterocycles. The predicted octanol–water partition coefficient (Wildman–Crippen LogP) is 3.17. The summed E-state index contributed by atoms with van der Waals surface area (Å²) in [5.74, 6) is 0.148. The van der Waals surface area contributed by atoms with Crippen LogP contribution in [0.2, 0.25) is 0 Å². The van der Waals surface area contributed by atoms with Crippen LogP contribution in [-0.4, -0.2) is 16.9 Å². The zero-order valence-corrected chi connectivity index (χ0v) is 13.5. The number of ether oxygens (including phenoxy) is 1. The molecule has 0 saturated heterocycles. The van der Waals surface area contributed by atoms with Gasteiger partial charge in [-0.15, -0.1) is 0 Å². The fraction of sp³-hybridized carbons (Fsp3) is 0.222. The summed E-state index contributed by atoms with van der Waals surface area (Å²) in [6, 6.07) is 13.3. The van der Waals surface area contributed by atoms with E-state index in [2.05, 4.69) is 6.07 Å². The van der Waals surface area contributed by atoms with Crippen LogP contribution in [0.15, 0.2) is 42.5 Å². The number of hydrogen-bond acceptors (Lipinski definition) is 5. The van der Waals surface area contributed by atoms with Crippen molar-refractivity contribution in [1.29, 1.82) is 5.26 Å². The maximum Gasteiger partial charge on any atom is 0.271 e. The molecule has 0 aliphatic carbocycles. The summed E-state index contributed by atoms with van der Waals surface area (Å²) in [7, 11) is 0. The summed E-state index contributed by atoms with van der Waals surface area (Å²) >= 11 is 0. The molecule has 2 aromatic carbocycles. The first kappa shape index (κ1) is 16.5. The second-order valence-electron chi connectivity index (χ2n) is 5.62. The normalized spacial score (nSPS) is 15.9. The third-order valence-electron chi connectivity index (χ3n) is 4.09. The lowest BCUT2D eigenvalue weighted by Gasteiger charge is -2.34. The van der Waals surface area contributed by atoms with Crippen molar-refractivity contribution >= 4 is 17.3 Å². The van der Waals surface area contributed by atoms with E-state index in [4.69, 9.17) is 4.74 Å². The lowest BCUT2D eigenvalue weighted by molar-refractivity contribution is -0.384. The summed E-state index contributed by atoms with van der Waals surface area (Å²) in [6.45, 7) is 1.98. The highest BCUT2D eigenvalue weighted by Gasteiger charge is 2.34. The molecule has 7 heteroatoms. The average Bonchev–Trinajstić information content (AvgIpc) is 2.63. The van der Waals surface area contributed by atoms with E-state index in [0.717, 1.165) is 0 Å². The van der Waals surface area contributed by atoms with Crippen molar-refractivity contribution in [1.82, 2.24) is 0 Å². The van der Waals surface area contributed by atoms with E-state index in [0.29, 0.717) is 29.0 Å². The van der Waals surface area contributed by atoms with Crippen LogP contribution in [0.1, 0.15) is 24.5 Å². The lowest BCUT2D eigenvalue weighted by atomic mass is 10.1. The summed E-state index contributed by atoms with van der Waals surface area (Å²) in [5.41, 5.74) is 1.36. The van der Waals surface area contributed by atoms with Crippen LogP contribution in [0.4, 0.5) is 11.4 Å². The number of rotatable bonds is 4. The van der Waals surface area contributed by atoms with Gasteiger partial charge in [-0.25, -0.2) is 0 Å². The third-order valence-corrected chi connectivity index (χ3v) is 4.09. The van der Waals surface area contributed by atoms with Gasteiger partial charge in [-0.1, -0.05) is 25.1 Å². The highest BCUT2D eigenvalue weighted by atomic mass is 16.6. The number of hydrogen-bond donors (Lipinski definition) is 0. The lowest BCUT2D eigenvalue weighted by Crippen LogP contribution is -2.45. The third kappa shape index (κ3) is 3.02. The molecule has 126 valence electrons. The van der Waals surface area contributed by atoms with Crippen molar-refractivity contribution in [3.63, 3.8) is 0 Å². The summed E-state index contributed by atoms with van der Waals surface area (Å²) < 4.78 is 5.67. The van der Waals surface area contributed by atoms with Crippen LogP contribution >= 0.6 is 0 Å². The molecule has 1 aliphatic heterocycles. The van der Waals surface area contributed by atoms with Crippen molar-refractivity contribution in [3.8, 4) is 11.8 Å². The first-order valence-electron chi connectivity index (χ1n) is 7.79. The second-order valence-corrected chi connectivity index (χ2v) is 5.62. The molecular weight excluding hydrogens is 322 g/mol. The summed E-state index contributed by atoms with van der Waals surface area (Å²) in [6.07, 6.45) is -0.172. The van der Waals surface area contributed by atoms with E-state index in [1.165, 1.54) is 23.1 Å². The molecule has 7 nitrogen and oxygen atoms in total. The minimum atomic E-state index is -0.650. The number of nitriles is 1. The number of nitro groups is 1. The number of nitrogens with zero attached hydrogens (tertiary/aromatic N) is 3. The molecular formula is C18H15N3O4. The SMILES string of the molecule is CCC1Oc2ccc([N+](=O)[O-])cc2N(Cc2ccccc2C#N)C1=O. The Morgan fingerprint density at radius 2 is 2.08 bits per heavy atom. The Hall–Kier alpha value is -3.40. The Balaban J connectivity index is 2.07. The van der Waals surface area contributed by atoms with E-state index in [1.807, 2.05) is 6.92 Å². The topological polar surface area (TPSA) is 96.5 Å². The Labute approximate surface area is 144 Å². The Morgan fingerprint density at radius 1 is 1.32 bits per heavy atom. The molecule has 0 radical (unpaired) electrons. The van der Waals surface area contributed by atoms with Crippen LogP contribution < -0.4 is 9.64 Å². The molecule has 1 amide bonds. The quantitative estimate of drug-likeness (QED) is 0.630. The van der Waals surface area contributed by atoms with Gasteiger partial charge in [-0.2, -0.15) is 5.26 Å². The number of benzene rings is 2. The number of amides is 1. The van der Waals surface area contributed by atoms with Crippen molar-refractivity contribution in [2.75, 3.05) is 4.90 Å². The number of non-ortho nitro benzene ring substituents is 1. The Morgan fingerprint density at radius 3 is 2.76 bits per heavy atom. The van der Waals surface area contributed by atoms with E-state index in [1.54, 1.807) is 24.3 Å². The number of fused-ring (bicyclic) bond motifs is 1. The van der Waals surface area contributed by atoms with Gasteiger partial charge in [0.05, 0.1) is 28.8 Å². The molecule has 25 heavy (non-hydrogen) atoms. The highest BCUT2D eigenvalue weighted by Crippen LogP contribution is 2.38. The van der Waals surface area contributed by atoms with Crippen LogP contribution in [0, 0.1) is 21.4 Å². The molecule has 1 atom stereocenters. The predicted molar refractivity (Wildman–Crippen MR) is 90.2 cm³/mol. The van der Waals surface area contributed by atoms with E-state index >= 15 is 0 Å². The first-order chi connectivity index (χ1) is 12.0. The maximum atomic E-state index is 12.8. The Bertz CT molecular complexity index is 888. The minimum absolute atomic E-state index is 0.122. The van der Waals surface area contributed by atoms with Crippen molar-refractivity contribution in [3.05, 3.63) is 63.7 Å². The fourth-order valence-electron chi connectivity index (χ4n) is 2.78. The number of anilines is 1. The van der Waals surface area contributed by atoms with E-state index < -0.39 is 11.0 Å². The second kappa shape index (κ2) is 6.61. The number of carbonyl (C=O) groups is 1. The van der Waals surface area contributed by atoms with Gasteiger partial charge in [0.2, 0.25) is 0 Å². The number of nitro benzene ring substituents is 1. The van der Waals surface area contributed by atoms with Gasteiger partial charge >= 0.3 is 0 Å². The van der Waals surface area contributed by atoms with Crippen LogP contribution in [0.5, 0.6) is 5.75 Å². The molecule has 0 spiro atoms. The fourth-order valence-corrected chi connectivity index (χ4v) is 2.78. The average molecular weight is 337 g/mol. The highest BCUT2D eigenvalue weighted by molar-refractivity contribution is 6.00. The number of carbonyl (C=O) groups excluding carboxylic acids is 1. The van der Waals surface area contributed by atoms with Gasteiger partial charge in [0.25, 0.3) is 11.6 Å².